The Morgan fingerprint density at radius 2 is 1.81 bits per heavy atom. The van der Waals surface area contributed by atoms with Crippen molar-refractivity contribution in [1.82, 2.24) is 14.8 Å². The number of rotatable bonds is 17. The fourth-order valence-corrected chi connectivity index (χ4v) is 7.33. The minimum absolute atomic E-state index is 0.0289. The number of nitrogens with zero attached hydrogens (tertiary/aromatic N) is 2. The molecule has 2 aliphatic rings. The summed E-state index contributed by atoms with van der Waals surface area (Å²) in [6.07, 6.45) is -3.32. The van der Waals surface area contributed by atoms with Gasteiger partial charge >= 0.3 is 23.9 Å². The van der Waals surface area contributed by atoms with Crippen LogP contribution >= 0.6 is 12.2 Å². The number of ether oxygens (including phenoxy) is 4. The Labute approximate surface area is 312 Å². The lowest BCUT2D eigenvalue weighted by molar-refractivity contribution is -0.384. The standard InChI is InChI=1S/C37H49N3O12S/c1-8-20(2)18-21(3)14-15-26(42)50-29-28(43)35(17-16-22(4)27(49-24(6)41)23(5)19-25-12-10-9-11-13-25)51-30(31-38-39-34(53)40(31)7)36(48,32(44)45)37(29,52-35)33(46)47/h9-15,20-21,23,27-30,43,48H,4,8,16-19H2,1-3,5-7H3,(H,39,53)(H,44,45)(H,46,47)/b15-14+/t20-,21+,23+,27+,28+,29+,30+,35-,36+,37-/m0/s1. The largest absolute Gasteiger partial charge is 0.479 e. The molecule has 2 saturated heterocycles. The van der Waals surface area contributed by atoms with Gasteiger partial charge < -0.3 is 43.9 Å². The summed E-state index contributed by atoms with van der Waals surface area (Å²) in [5.74, 6) is -8.71. The van der Waals surface area contributed by atoms with Crippen molar-refractivity contribution in [3.63, 3.8) is 0 Å². The van der Waals surface area contributed by atoms with E-state index >= 15 is 0 Å². The first-order valence-electron chi connectivity index (χ1n) is 17.5. The molecule has 1 aromatic heterocycles. The van der Waals surface area contributed by atoms with Crippen LogP contribution in [0.2, 0.25) is 0 Å². The highest BCUT2D eigenvalue weighted by Crippen LogP contribution is 2.59. The van der Waals surface area contributed by atoms with Crippen molar-refractivity contribution in [2.45, 2.75) is 108 Å². The number of carboxylic acids is 2. The summed E-state index contributed by atoms with van der Waals surface area (Å²) < 4.78 is 24.5. The van der Waals surface area contributed by atoms with E-state index in [0.29, 0.717) is 17.9 Å². The highest BCUT2D eigenvalue weighted by molar-refractivity contribution is 7.71. The molecule has 0 amide bonds. The zero-order chi connectivity index (χ0) is 39.5. The Kier molecular flexibility index (Phi) is 12.9. The van der Waals surface area contributed by atoms with Crippen LogP contribution in [0.15, 0.2) is 54.6 Å². The predicted molar refractivity (Wildman–Crippen MR) is 190 cm³/mol. The molecule has 3 heterocycles. The molecule has 0 spiro atoms. The Hall–Kier alpha value is -4.22. The van der Waals surface area contributed by atoms with E-state index in [1.807, 2.05) is 51.1 Å². The number of hydrogen-bond donors (Lipinski definition) is 5. The molecule has 0 radical (unpaired) electrons. The van der Waals surface area contributed by atoms with Gasteiger partial charge in [-0.15, -0.1) is 0 Å². The molecule has 4 rings (SSSR count). The van der Waals surface area contributed by atoms with Crippen LogP contribution in [0.4, 0.5) is 0 Å². The van der Waals surface area contributed by atoms with Gasteiger partial charge in [0, 0.05) is 32.4 Å². The first-order chi connectivity index (χ1) is 24.8. The van der Waals surface area contributed by atoms with Gasteiger partial charge in [0.1, 0.15) is 12.2 Å². The molecule has 1 aromatic carbocycles. The number of aliphatic hydroxyl groups is 2. The third kappa shape index (κ3) is 8.01. The number of aliphatic carboxylic acids is 2. The highest BCUT2D eigenvalue weighted by atomic mass is 32.1. The molecule has 290 valence electrons. The van der Waals surface area contributed by atoms with Crippen molar-refractivity contribution >= 4 is 36.1 Å². The normalized spacial score (nSPS) is 28.9. The average molecular weight is 760 g/mol. The topological polar surface area (TPSA) is 220 Å². The molecule has 0 aliphatic carbocycles. The van der Waals surface area contributed by atoms with Crippen molar-refractivity contribution in [1.29, 1.82) is 0 Å². The van der Waals surface area contributed by atoms with Crippen LogP contribution in [-0.4, -0.2) is 94.4 Å². The predicted octanol–water partition coefficient (Wildman–Crippen LogP) is 3.96. The third-order valence-corrected chi connectivity index (χ3v) is 10.6. The van der Waals surface area contributed by atoms with Gasteiger partial charge in [-0.1, -0.05) is 77.1 Å². The molecule has 53 heavy (non-hydrogen) atoms. The van der Waals surface area contributed by atoms with Crippen LogP contribution in [0.1, 0.15) is 77.8 Å². The first-order valence-corrected chi connectivity index (χ1v) is 17.9. The van der Waals surface area contributed by atoms with Crippen molar-refractivity contribution in [3.8, 4) is 0 Å². The summed E-state index contributed by atoms with van der Waals surface area (Å²) in [7, 11) is 1.38. The first kappa shape index (κ1) is 41.5. The third-order valence-electron chi connectivity index (χ3n) is 10.2. The molecule has 0 saturated carbocycles. The lowest BCUT2D eigenvalue weighted by atomic mass is 9.74. The fourth-order valence-electron chi connectivity index (χ4n) is 7.19. The van der Waals surface area contributed by atoms with Crippen LogP contribution in [0, 0.1) is 22.5 Å². The number of fused-ring (bicyclic) bond motifs is 2. The summed E-state index contributed by atoms with van der Waals surface area (Å²) in [5, 5.41) is 52.0. The summed E-state index contributed by atoms with van der Waals surface area (Å²) in [6, 6.07) is 9.46. The monoisotopic (exact) mass is 759 g/mol. The zero-order valence-electron chi connectivity index (χ0n) is 30.7. The van der Waals surface area contributed by atoms with E-state index < -0.39 is 71.7 Å². The molecule has 0 unspecified atom stereocenters. The summed E-state index contributed by atoms with van der Waals surface area (Å²) >= 11 is 5.21. The van der Waals surface area contributed by atoms with Crippen LogP contribution < -0.4 is 0 Å². The molecular weight excluding hydrogens is 710 g/mol. The summed E-state index contributed by atoms with van der Waals surface area (Å²) in [6.45, 7) is 13.2. The van der Waals surface area contributed by atoms with Crippen LogP contribution in [-0.2, 0) is 51.6 Å². The fraction of sp³-hybridized carbons (Fsp3) is 0.568. The van der Waals surface area contributed by atoms with E-state index in [1.54, 1.807) is 6.08 Å². The Balaban J connectivity index is 1.78. The Morgan fingerprint density at radius 1 is 1.15 bits per heavy atom. The number of allylic oxidation sites excluding steroid dienone is 1. The molecule has 15 nitrogen and oxygen atoms in total. The zero-order valence-corrected chi connectivity index (χ0v) is 31.5. The van der Waals surface area contributed by atoms with Crippen molar-refractivity contribution in [2.75, 3.05) is 0 Å². The second-order valence-electron chi connectivity index (χ2n) is 14.2. The van der Waals surface area contributed by atoms with E-state index in [0.717, 1.165) is 29.0 Å². The van der Waals surface area contributed by atoms with Gasteiger partial charge in [0.2, 0.25) is 17.0 Å². The second kappa shape index (κ2) is 16.4. The summed E-state index contributed by atoms with van der Waals surface area (Å²) in [5.41, 5.74) is -5.60. The van der Waals surface area contributed by atoms with Gasteiger partial charge in [0.25, 0.3) is 0 Å². The van der Waals surface area contributed by atoms with Crippen molar-refractivity contribution < 1.29 is 58.6 Å². The van der Waals surface area contributed by atoms with Gasteiger partial charge in [-0.3, -0.25) is 9.89 Å². The molecule has 2 bridgehead atoms. The average Bonchev–Trinajstić information content (AvgIpc) is 3.54. The maximum Gasteiger partial charge on any atom is 0.344 e. The number of aromatic nitrogens is 3. The van der Waals surface area contributed by atoms with Crippen LogP contribution in [0.3, 0.4) is 0 Å². The van der Waals surface area contributed by atoms with Gasteiger partial charge in [-0.05, 0) is 54.5 Å². The van der Waals surface area contributed by atoms with E-state index in [4.69, 9.17) is 31.2 Å². The van der Waals surface area contributed by atoms with Crippen LogP contribution in [0.5, 0.6) is 0 Å². The number of hydrogen-bond acceptors (Lipinski definition) is 12. The van der Waals surface area contributed by atoms with Gasteiger partial charge in [0.05, 0.1) is 0 Å². The smallest absolute Gasteiger partial charge is 0.344 e. The van der Waals surface area contributed by atoms with E-state index in [2.05, 4.69) is 23.7 Å². The summed E-state index contributed by atoms with van der Waals surface area (Å²) in [4.78, 5) is 52.0. The van der Waals surface area contributed by atoms with Gasteiger partial charge in [-0.2, -0.15) is 5.10 Å². The highest BCUT2D eigenvalue weighted by Gasteiger charge is 2.85. The Morgan fingerprint density at radius 3 is 2.36 bits per heavy atom. The number of benzene rings is 1. The number of carbonyl (C=O) groups is 4. The van der Waals surface area contributed by atoms with Gasteiger partial charge in [-0.25, -0.2) is 14.4 Å². The van der Waals surface area contributed by atoms with E-state index in [1.165, 1.54) is 14.0 Å². The minimum Gasteiger partial charge on any atom is -0.479 e. The number of carboxylic acid groups (broad SMARTS) is 2. The molecular formula is C37H49N3O12S. The maximum atomic E-state index is 13.4. The number of carbonyl (C=O) groups excluding carboxylic acids is 2. The SMILES string of the molecule is C=C(CC[C@]12O[C@H](c3n[nH]c(=S)n3C)[C@@](O)(C(=O)O)[C@](C(=O)O)(O1)[C@H](OC(=O)/C=C/[C@@H](C)C[C@@H](C)CC)[C@H]2O)[C@@H](OC(C)=O)[C@H](C)Cc1ccccc1. The molecule has 2 aromatic rings. The van der Waals surface area contributed by atoms with E-state index in [9.17, 15) is 39.6 Å². The number of nitrogens with one attached hydrogen (secondary N) is 1. The number of aliphatic hydroxyl groups excluding tert-OH is 1. The lowest BCUT2D eigenvalue weighted by Crippen LogP contribution is -2.74. The second-order valence-corrected chi connectivity index (χ2v) is 14.6. The molecule has 5 N–H and O–H groups in total. The number of aromatic amines is 1. The van der Waals surface area contributed by atoms with Gasteiger partial charge in [0.15, 0.2) is 22.8 Å². The maximum absolute atomic E-state index is 13.4. The van der Waals surface area contributed by atoms with Crippen LogP contribution in [0.25, 0.3) is 0 Å². The Bertz CT molecular complexity index is 1780. The lowest BCUT2D eigenvalue weighted by Gasteiger charge is -2.49. The molecule has 16 heteroatoms. The molecule has 2 aliphatic heterocycles. The quantitative estimate of drug-likeness (QED) is 0.0668. The number of esters is 2. The molecule has 10 atom stereocenters. The van der Waals surface area contributed by atoms with E-state index in [-0.39, 0.29) is 28.9 Å². The van der Waals surface area contributed by atoms with Crippen molar-refractivity contribution in [3.05, 3.63) is 70.8 Å². The number of H-pyrrole nitrogens is 1. The molecule has 2 fully saturated rings. The minimum atomic E-state index is -3.56. The van der Waals surface area contributed by atoms with Crippen molar-refractivity contribution in [2.24, 2.45) is 24.8 Å².